The Kier molecular flexibility index (Phi) is 13.6. The number of fused-ring (bicyclic) bond motifs is 4. The molecule has 84 heavy (non-hydrogen) atoms. The van der Waals surface area contributed by atoms with Gasteiger partial charge in [0.1, 0.15) is 24.0 Å². The molecular formula is C78H72N4OSi. The van der Waals surface area contributed by atoms with Crippen LogP contribution in [0.3, 0.4) is 0 Å². The summed E-state index contributed by atoms with van der Waals surface area (Å²) in [6, 6.07) is 94.0. The topological polar surface area (TPSA) is 33.5 Å². The van der Waals surface area contributed by atoms with E-state index < -0.39 is 8.07 Å². The molecule has 1 aliphatic rings. The molecule has 0 N–H and O–H groups in total. The maximum absolute atomic E-state index is 7.03. The van der Waals surface area contributed by atoms with Crippen LogP contribution in [0, 0.1) is 0 Å². The van der Waals surface area contributed by atoms with E-state index in [-0.39, 0.29) is 16.2 Å². The molecule has 414 valence electrons. The second-order valence-corrected chi connectivity index (χ2v) is 29.5. The predicted molar refractivity (Wildman–Crippen MR) is 358 cm³/mol. The van der Waals surface area contributed by atoms with E-state index >= 15 is 0 Å². The fourth-order valence-corrected chi connectivity index (χ4v) is 17.4. The highest BCUT2D eigenvalue weighted by atomic mass is 28.3. The van der Waals surface area contributed by atoms with Gasteiger partial charge >= 0.3 is 0 Å². The quantitative estimate of drug-likeness (QED) is 0.0955. The van der Waals surface area contributed by atoms with Crippen molar-refractivity contribution in [3.63, 3.8) is 0 Å². The summed E-state index contributed by atoms with van der Waals surface area (Å²) in [6.07, 6.45) is 1.95. The molecule has 0 atom stereocenters. The van der Waals surface area contributed by atoms with Gasteiger partial charge in [0.05, 0.1) is 22.4 Å². The van der Waals surface area contributed by atoms with E-state index in [9.17, 15) is 0 Å². The number of anilines is 4. The van der Waals surface area contributed by atoms with Crippen LogP contribution in [0.5, 0.6) is 11.5 Å². The van der Waals surface area contributed by atoms with E-state index in [2.05, 4.69) is 331 Å². The van der Waals surface area contributed by atoms with Gasteiger partial charge in [-0.1, -0.05) is 238 Å². The first-order valence-electron chi connectivity index (χ1n) is 29.5. The van der Waals surface area contributed by atoms with E-state index in [0.717, 1.165) is 56.1 Å². The molecule has 0 saturated heterocycles. The van der Waals surface area contributed by atoms with Crippen molar-refractivity contribution in [3.8, 4) is 39.6 Å². The molecule has 0 radical (unpaired) electrons. The highest BCUT2D eigenvalue weighted by Crippen LogP contribution is 2.51. The number of aromatic nitrogens is 2. The standard InChI is InChI=1S/C78H72N4OSi/c1-76(2,3)57-43-44-79-74(50-57)82-71-42-39-56(55-27-22-36-67(45-55)84(64-30-16-11-17-31-64,65-32-18-12-19-33-65)66-34-20-13-21-35-66)46-70(71)69-41-40-63(52-73(69)82)83-62-29-23-28-60(51-62)80-53-81(61-48-58(77(4,5)6)47-59(49-61)78(7,8)9)75-68(37-24-38-72(75)80)54-25-14-10-15-26-54/h10-52H,53H2,1-9H3. The molecule has 0 unspecified atom stereocenters. The Morgan fingerprint density at radius 2 is 0.940 bits per heavy atom. The summed E-state index contributed by atoms with van der Waals surface area (Å²) in [5.74, 6) is 2.38. The van der Waals surface area contributed by atoms with Crippen LogP contribution in [-0.4, -0.2) is 24.3 Å². The van der Waals surface area contributed by atoms with Gasteiger partial charge in [0, 0.05) is 46.0 Å². The van der Waals surface area contributed by atoms with Crippen molar-refractivity contribution in [3.05, 3.63) is 278 Å². The molecule has 5 nitrogen and oxygen atoms in total. The summed E-state index contributed by atoms with van der Waals surface area (Å²) >= 11 is 0. The SMILES string of the molecule is CC(C)(C)c1cc(N2CN(c3cccc(Oc4ccc5c6cc(-c7cccc([Si](c8ccccc8)(c8ccccc8)c8ccccc8)c7)ccc6n(-c6cc(C(C)(C)C)ccn6)c5c4)c3)c3cccc(-c4ccccc4)c32)cc(C(C)(C)C)c1. The minimum absolute atomic E-state index is 0.0344. The van der Waals surface area contributed by atoms with E-state index in [1.165, 1.54) is 65.5 Å². The summed E-state index contributed by atoms with van der Waals surface area (Å²) in [7, 11) is -2.77. The molecule has 0 bridgehead atoms. The molecule has 6 heteroatoms. The van der Waals surface area contributed by atoms with Gasteiger partial charge in [-0.25, -0.2) is 4.98 Å². The number of nitrogens with zero attached hydrogens (tertiary/aromatic N) is 4. The zero-order valence-corrected chi connectivity index (χ0v) is 50.7. The van der Waals surface area contributed by atoms with Gasteiger partial charge in [0.25, 0.3) is 0 Å². The van der Waals surface area contributed by atoms with Gasteiger partial charge in [0.15, 0.2) is 8.07 Å². The molecule has 2 aromatic heterocycles. The number of pyridine rings is 1. The maximum atomic E-state index is 7.03. The average molecular weight is 1110 g/mol. The van der Waals surface area contributed by atoms with E-state index in [1.807, 2.05) is 6.20 Å². The fraction of sp³-hybridized carbons (Fsp3) is 0.167. The van der Waals surface area contributed by atoms with Gasteiger partial charge in [0.2, 0.25) is 0 Å². The lowest BCUT2D eigenvalue weighted by molar-refractivity contribution is 0.483. The van der Waals surface area contributed by atoms with Crippen molar-refractivity contribution in [1.82, 2.24) is 9.55 Å². The highest BCUT2D eigenvalue weighted by Gasteiger charge is 2.41. The summed E-state index contributed by atoms with van der Waals surface area (Å²) in [5, 5.41) is 7.67. The van der Waals surface area contributed by atoms with Crippen LogP contribution in [0.1, 0.15) is 79.0 Å². The third kappa shape index (κ3) is 9.88. The normalized spacial score (nSPS) is 13.0. The Morgan fingerprint density at radius 1 is 0.381 bits per heavy atom. The summed E-state index contributed by atoms with van der Waals surface area (Å²) in [5.41, 5.74) is 15.1. The van der Waals surface area contributed by atoms with E-state index in [0.29, 0.717) is 6.67 Å². The minimum atomic E-state index is -2.77. The molecule has 10 aromatic carbocycles. The lowest BCUT2D eigenvalue weighted by Gasteiger charge is -2.34. The van der Waals surface area contributed by atoms with Crippen molar-refractivity contribution in [2.45, 2.75) is 78.6 Å². The summed E-state index contributed by atoms with van der Waals surface area (Å²) in [6.45, 7) is 21.3. The Balaban J connectivity index is 0.912. The molecule has 12 aromatic rings. The van der Waals surface area contributed by atoms with Gasteiger partial charge in [-0.15, -0.1) is 0 Å². The Bertz CT molecular complexity index is 4250. The first kappa shape index (κ1) is 54.0. The first-order chi connectivity index (χ1) is 40.5. The number of hydrogen-bond acceptors (Lipinski definition) is 4. The zero-order valence-electron chi connectivity index (χ0n) is 49.7. The Hall–Kier alpha value is -9.23. The van der Waals surface area contributed by atoms with Gasteiger partial charge in [-0.3, -0.25) is 4.57 Å². The zero-order chi connectivity index (χ0) is 58.0. The highest BCUT2D eigenvalue weighted by molar-refractivity contribution is 7.19. The van der Waals surface area contributed by atoms with Crippen LogP contribution >= 0.6 is 0 Å². The maximum Gasteiger partial charge on any atom is 0.179 e. The second-order valence-electron chi connectivity index (χ2n) is 25.7. The predicted octanol–water partition coefficient (Wildman–Crippen LogP) is 17.8. The van der Waals surface area contributed by atoms with Crippen molar-refractivity contribution < 1.29 is 4.74 Å². The van der Waals surface area contributed by atoms with Crippen LogP contribution in [-0.2, 0) is 16.2 Å². The Labute approximate surface area is 497 Å². The fourth-order valence-electron chi connectivity index (χ4n) is 12.6. The molecule has 0 amide bonds. The van der Waals surface area contributed by atoms with Crippen molar-refractivity contribution in [2.24, 2.45) is 0 Å². The molecular weight excluding hydrogens is 1040 g/mol. The monoisotopic (exact) mass is 1110 g/mol. The molecule has 0 saturated carbocycles. The lowest BCUT2D eigenvalue weighted by atomic mass is 9.80. The smallest absolute Gasteiger partial charge is 0.179 e. The summed E-state index contributed by atoms with van der Waals surface area (Å²) in [4.78, 5) is 10.0. The third-order valence-corrected chi connectivity index (χ3v) is 21.9. The number of benzene rings is 10. The van der Waals surface area contributed by atoms with Crippen LogP contribution in [0.4, 0.5) is 22.7 Å². The molecule has 0 aliphatic carbocycles. The lowest BCUT2D eigenvalue weighted by Crippen LogP contribution is -2.74. The van der Waals surface area contributed by atoms with Crippen molar-refractivity contribution in [1.29, 1.82) is 0 Å². The molecule has 0 fully saturated rings. The van der Waals surface area contributed by atoms with Gasteiger partial charge in [-0.05, 0) is 137 Å². The largest absolute Gasteiger partial charge is 0.457 e. The van der Waals surface area contributed by atoms with Crippen molar-refractivity contribution in [2.75, 3.05) is 16.5 Å². The molecule has 3 heterocycles. The van der Waals surface area contributed by atoms with Gasteiger partial charge < -0.3 is 14.5 Å². The number of rotatable bonds is 11. The number of para-hydroxylation sites is 1. The Morgan fingerprint density at radius 3 is 1.57 bits per heavy atom. The average Bonchev–Trinajstić information content (AvgIpc) is 1.63. The molecule has 0 spiro atoms. The molecule has 1 aliphatic heterocycles. The third-order valence-electron chi connectivity index (χ3n) is 17.1. The van der Waals surface area contributed by atoms with E-state index in [1.54, 1.807) is 0 Å². The summed E-state index contributed by atoms with van der Waals surface area (Å²) < 4.78 is 9.35. The van der Waals surface area contributed by atoms with Gasteiger partial charge in [-0.2, -0.15) is 0 Å². The van der Waals surface area contributed by atoms with E-state index in [4.69, 9.17) is 9.72 Å². The number of hydrogen-bond donors (Lipinski definition) is 0. The molecule has 13 rings (SSSR count). The van der Waals surface area contributed by atoms with Crippen molar-refractivity contribution >= 4 is 73.4 Å². The number of ether oxygens (including phenoxy) is 1. The van der Waals surface area contributed by atoms with Crippen LogP contribution in [0.25, 0.3) is 49.9 Å². The van der Waals surface area contributed by atoms with Crippen LogP contribution in [0.2, 0.25) is 0 Å². The van der Waals surface area contributed by atoms with Crippen LogP contribution < -0.4 is 35.3 Å². The first-order valence-corrected chi connectivity index (χ1v) is 31.5. The van der Waals surface area contributed by atoms with Crippen LogP contribution in [0.15, 0.2) is 261 Å². The minimum Gasteiger partial charge on any atom is -0.457 e. The second kappa shape index (κ2) is 21.2.